The number of aryl methyl sites for hydroxylation is 1. The molecule has 0 aliphatic heterocycles. The highest BCUT2D eigenvalue weighted by Gasteiger charge is 2.10. The van der Waals surface area contributed by atoms with Crippen LogP contribution in [-0.2, 0) is 6.42 Å². The summed E-state index contributed by atoms with van der Waals surface area (Å²) in [6.45, 7) is 0.867. The Hall–Kier alpha value is -1.95. The molecule has 0 fully saturated rings. The third kappa shape index (κ3) is 2.84. The maximum Gasteiger partial charge on any atom is 0.227 e. The van der Waals surface area contributed by atoms with E-state index in [2.05, 4.69) is 15.5 Å². The number of phenolic OH excluding ortho intramolecular Hbond substituents is 1. The molecule has 2 N–H and O–H groups in total. The molecule has 0 aliphatic carbocycles. The molecule has 0 saturated carbocycles. The van der Waals surface area contributed by atoms with Crippen LogP contribution in [0.3, 0.4) is 0 Å². The van der Waals surface area contributed by atoms with Gasteiger partial charge in [-0.2, -0.15) is 4.98 Å². The number of nitrogens with one attached hydrogen (secondary N) is 1. The number of nitrogens with zero attached hydrogens (tertiary/aromatic N) is 2. The van der Waals surface area contributed by atoms with Gasteiger partial charge in [-0.1, -0.05) is 5.16 Å². The SMILES string of the molecule is CNCCCc1nc(-c2ccc(O)c(F)c2)no1. The summed E-state index contributed by atoms with van der Waals surface area (Å²) in [7, 11) is 1.87. The van der Waals surface area contributed by atoms with E-state index in [9.17, 15) is 4.39 Å². The minimum Gasteiger partial charge on any atom is -0.505 e. The quantitative estimate of drug-likeness (QED) is 0.792. The molecule has 96 valence electrons. The van der Waals surface area contributed by atoms with Crippen molar-refractivity contribution in [2.24, 2.45) is 0 Å². The van der Waals surface area contributed by atoms with Gasteiger partial charge in [0, 0.05) is 12.0 Å². The Bertz CT molecular complexity index is 528. The van der Waals surface area contributed by atoms with Crippen molar-refractivity contribution in [1.29, 1.82) is 0 Å². The van der Waals surface area contributed by atoms with Crippen molar-refractivity contribution in [3.8, 4) is 17.1 Å². The van der Waals surface area contributed by atoms with E-state index in [-0.39, 0.29) is 0 Å². The van der Waals surface area contributed by atoms with Gasteiger partial charge in [-0.15, -0.1) is 0 Å². The summed E-state index contributed by atoms with van der Waals surface area (Å²) >= 11 is 0. The van der Waals surface area contributed by atoms with E-state index in [0.717, 1.165) is 13.0 Å². The summed E-state index contributed by atoms with van der Waals surface area (Å²) in [6, 6.07) is 3.99. The van der Waals surface area contributed by atoms with Crippen LogP contribution >= 0.6 is 0 Å². The van der Waals surface area contributed by atoms with Crippen LogP contribution in [0.25, 0.3) is 11.4 Å². The summed E-state index contributed by atoms with van der Waals surface area (Å²) in [6.07, 6.45) is 1.57. The molecule has 1 aromatic heterocycles. The lowest BCUT2D eigenvalue weighted by molar-refractivity contribution is 0.375. The molecule has 2 aromatic rings. The maximum atomic E-state index is 13.2. The van der Waals surface area contributed by atoms with E-state index >= 15 is 0 Å². The highest BCUT2D eigenvalue weighted by atomic mass is 19.1. The molecule has 1 heterocycles. The predicted molar refractivity (Wildman–Crippen MR) is 63.6 cm³/mol. The van der Waals surface area contributed by atoms with E-state index in [1.807, 2.05) is 7.05 Å². The fourth-order valence-corrected chi connectivity index (χ4v) is 1.54. The summed E-state index contributed by atoms with van der Waals surface area (Å²) in [4.78, 5) is 4.17. The van der Waals surface area contributed by atoms with Gasteiger partial charge in [-0.05, 0) is 38.2 Å². The van der Waals surface area contributed by atoms with Crippen LogP contribution in [0, 0.1) is 5.82 Å². The smallest absolute Gasteiger partial charge is 0.227 e. The largest absolute Gasteiger partial charge is 0.505 e. The summed E-state index contributed by atoms with van der Waals surface area (Å²) in [5, 5.41) is 15.9. The predicted octanol–water partition coefficient (Wildman–Crippen LogP) is 1.73. The highest BCUT2D eigenvalue weighted by Crippen LogP contribution is 2.22. The second-order valence-electron chi connectivity index (χ2n) is 3.89. The molecule has 0 radical (unpaired) electrons. The first-order chi connectivity index (χ1) is 8.70. The Morgan fingerprint density at radius 3 is 3.00 bits per heavy atom. The van der Waals surface area contributed by atoms with Gasteiger partial charge in [0.15, 0.2) is 11.6 Å². The van der Waals surface area contributed by atoms with Crippen molar-refractivity contribution >= 4 is 0 Å². The molecule has 0 amide bonds. The number of aromatic nitrogens is 2. The number of benzene rings is 1. The molecule has 0 bridgehead atoms. The molecule has 2 rings (SSSR count). The number of halogens is 1. The van der Waals surface area contributed by atoms with Crippen molar-refractivity contribution < 1.29 is 14.0 Å². The lowest BCUT2D eigenvalue weighted by Crippen LogP contribution is -2.08. The summed E-state index contributed by atoms with van der Waals surface area (Å²) < 4.78 is 18.2. The third-order valence-corrected chi connectivity index (χ3v) is 2.49. The van der Waals surface area contributed by atoms with Crippen molar-refractivity contribution in [2.45, 2.75) is 12.8 Å². The number of aromatic hydroxyl groups is 1. The van der Waals surface area contributed by atoms with Gasteiger partial charge in [-0.3, -0.25) is 0 Å². The zero-order valence-electron chi connectivity index (χ0n) is 9.98. The number of hydrogen-bond acceptors (Lipinski definition) is 5. The topological polar surface area (TPSA) is 71.2 Å². The minimum atomic E-state index is -0.700. The molecule has 0 aliphatic rings. The number of rotatable bonds is 5. The van der Waals surface area contributed by atoms with Crippen LogP contribution in [-0.4, -0.2) is 28.8 Å². The van der Waals surface area contributed by atoms with Gasteiger partial charge in [0.25, 0.3) is 0 Å². The second kappa shape index (κ2) is 5.59. The Labute approximate surface area is 104 Å². The third-order valence-electron chi connectivity index (χ3n) is 2.49. The van der Waals surface area contributed by atoms with Gasteiger partial charge >= 0.3 is 0 Å². The lowest BCUT2D eigenvalue weighted by Gasteiger charge is -1.97. The Morgan fingerprint density at radius 2 is 2.28 bits per heavy atom. The number of hydrogen-bond donors (Lipinski definition) is 2. The Balaban J connectivity index is 2.11. The van der Waals surface area contributed by atoms with Crippen molar-refractivity contribution in [2.75, 3.05) is 13.6 Å². The summed E-state index contributed by atoms with van der Waals surface area (Å²) in [5.74, 6) is -0.243. The lowest BCUT2D eigenvalue weighted by atomic mass is 10.2. The molecule has 0 atom stereocenters. The minimum absolute atomic E-state index is 0.327. The van der Waals surface area contributed by atoms with Crippen LogP contribution in [0.2, 0.25) is 0 Å². The first kappa shape index (κ1) is 12.5. The molecule has 0 spiro atoms. The van der Waals surface area contributed by atoms with Crippen LogP contribution in [0.1, 0.15) is 12.3 Å². The molecule has 0 unspecified atom stereocenters. The first-order valence-corrected chi connectivity index (χ1v) is 5.67. The Kier molecular flexibility index (Phi) is 3.88. The van der Waals surface area contributed by atoms with E-state index < -0.39 is 11.6 Å². The maximum absolute atomic E-state index is 13.2. The molecular formula is C12H14FN3O2. The van der Waals surface area contributed by atoms with Crippen molar-refractivity contribution in [3.05, 3.63) is 29.9 Å². The van der Waals surface area contributed by atoms with Crippen LogP contribution in [0.4, 0.5) is 4.39 Å². The fraction of sp³-hybridized carbons (Fsp3) is 0.333. The first-order valence-electron chi connectivity index (χ1n) is 5.67. The average Bonchev–Trinajstić information content (AvgIpc) is 2.82. The van der Waals surface area contributed by atoms with Gasteiger partial charge < -0.3 is 14.9 Å². The second-order valence-corrected chi connectivity index (χ2v) is 3.89. The standard InChI is InChI=1S/C12H14FN3O2/c1-14-6-2-3-11-15-12(16-18-11)8-4-5-10(17)9(13)7-8/h4-5,7,14,17H,2-3,6H2,1H3. The van der Waals surface area contributed by atoms with Gasteiger partial charge in [0.2, 0.25) is 11.7 Å². The van der Waals surface area contributed by atoms with Crippen LogP contribution in [0.5, 0.6) is 5.75 Å². The molecular weight excluding hydrogens is 237 g/mol. The van der Waals surface area contributed by atoms with Crippen LogP contribution in [0.15, 0.2) is 22.7 Å². The zero-order chi connectivity index (χ0) is 13.0. The van der Waals surface area contributed by atoms with E-state index in [1.54, 1.807) is 6.07 Å². The molecule has 0 saturated heterocycles. The van der Waals surface area contributed by atoms with E-state index in [0.29, 0.717) is 23.7 Å². The monoisotopic (exact) mass is 251 g/mol. The number of phenols is 1. The highest BCUT2D eigenvalue weighted by molar-refractivity contribution is 5.55. The average molecular weight is 251 g/mol. The van der Waals surface area contributed by atoms with Crippen molar-refractivity contribution in [1.82, 2.24) is 15.5 Å². The van der Waals surface area contributed by atoms with Gasteiger partial charge in [-0.25, -0.2) is 4.39 Å². The molecule has 1 aromatic carbocycles. The zero-order valence-corrected chi connectivity index (χ0v) is 9.98. The Morgan fingerprint density at radius 1 is 1.44 bits per heavy atom. The normalized spacial score (nSPS) is 10.8. The van der Waals surface area contributed by atoms with Crippen molar-refractivity contribution in [3.63, 3.8) is 0 Å². The molecule has 18 heavy (non-hydrogen) atoms. The van der Waals surface area contributed by atoms with Crippen LogP contribution < -0.4 is 5.32 Å². The van der Waals surface area contributed by atoms with Gasteiger partial charge in [0.05, 0.1) is 0 Å². The summed E-state index contributed by atoms with van der Waals surface area (Å²) in [5.41, 5.74) is 0.480. The molecule has 6 heteroatoms. The van der Waals surface area contributed by atoms with E-state index in [4.69, 9.17) is 9.63 Å². The fourth-order valence-electron chi connectivity index (χ4n) is 1.54. The van der Waals surface area contributed by atoms with E-state index in [1.165, 1.54) is 12.1 Å². The molecule has 5 nitrogen and oxygen atoms in total. The van der Waals surface area contributed by atoms with Gasteiger partial charge in [0.1, 0.15) is 0 Å².